The zero-order valence-corrected chi connectivity index (χ0v) is 18.1. The maximum atomic E-state index is 14.5. The molecular formula is C19H30FNO9. The summed E-state index contributed by atoms with van der Waals surface area (Å²) in [6.45, 7) is 7.78. The molecule has 1 rings (SSSR count). The molecule has 0 radical (unpaired) electrons. The lowest BCUT2D eigenvalue weighted by molar-refractivity contribution is -0.176. The van der Waals surface area contributed by atoms with E-state index in [2.05, 4.69) is 5.32 Å². The predicted molar refractivity (Wildman–Crippen MR) is 100 cm³/mol. The Bertz CT molecular complexity index is 634. The van der Waals surface area contributed by atoms with Crippen LogP contribution < -0.4 is 5.32 Å². The topological polar surface area (TPSA) is 126 Å². The van der Waals surface area contributed by atoms with Gasteiger partial charge in [0.1, 0.15) is 18.3 Å². The van der Waals surface area contributed by atoms with Crippen molar-refractivity contribution in [2.75, 3.05) is 13.2 Å². The highest BCUT2D eigenvalue weighted by Gasteiger charge is 2.45. The number of halogens is 1. The lowest BCUT2D eigenvalue weighted by Crippen LogP contribution is -2.61. The van der Waals surface area contributed by atoms with Gasteiger partial charge in [0, 0.05) is 27.2 Å². The molecular weight excluding hydrogens is 405 g/mol. The first kappa shape index (κ1) is 25.6. The monoisotopic (exact) mass is 435 g/mol. The summed E-state index contributed by atoms with van der Waals surface area (Å²) in [6, 6.07) is -1.14. The van der Waals surface area contributed by atoms with Gasteiger partial charge in [-0.15, -0.1) is 0 Å². The van der Waals surface area contributed by atoms with Crippen LogP contribution in [0.4, 0.5) is 9.18 Å². The van der Waals surface area contributed by atoms with Gasteiger partial charge in [-0.25, -0.2) is 9.18 Å². The number of esters is 3. The first-order valence-corrected chi connectivity index (χ1v) is 9.51. The van der Waals surface area contributed by atoms with Gasteiger partial charge >= 0.3 is 24.0 Å². The van der Waals surface area contributed by atoms with Crippen LogP contribution in [0.5, 0.6) is 0 Å². The molecule has 1 aliphatic heterocycles. The van der Waals surface area contributed by atoms with Crippen molar-refractivity contribution in [1.82, 2.24) is 5.32 Å². The third-order valence-electron chi connectivity index (χ3n) is 3.87. The number of rotatable bonds is 7. The van der Waals surface area contributed by atoms with Crippen LogP contribution in [0, 0.1) is 0 Å². The van der Waals surface area contributed by atoms with E-state index in [1.807, 2.05) is 0 Å². The fraction of sp³-hybridized carbons (Fsp3) is 0.789. The lowest BCUT2D eigenvalue weighted by Gasteiger charge is -2.40. The minimum Gasteiger partial charge on any atom is -0.462 e. The van der Waals surface area contributed by atoms with Crippen molar-refractivity contribution in [2.45, 2.75) is 84.1 Å². The van der Waals surface area contributed by atoms with E-state index in [9.17, 15) is 23.6 Å². The van der Waals surface area contributed by atoms with Gasteiger partial charge in [0.05, 0.1) is 18.8 Å². The molecule has 2 unspecified atom stereocenters. The molecule has 0 bridgehead atoms. The van der Waals surface area contributed by atoms with Crippen LogP contribution in [0.2, 0.25) is 0 Å². The van der Waals surface area contributed by atoms with E-state index in [1.54, 1.807) is 20.8 Å². The molecule has 10 nitrogen and oxygen atoms in total. The second kappa shape index (κ2) is 11.1. The number of amides is 1. The largest absolute Gasteiger partial charge is 0.462 e. The summed E-state index contributed by atoms with van der Waals surface area (Å²) >= 11 is 0. The summed E-state index contributed by atoms with van der Waals surface area (Å²) < 4.78 is 40.3. The molecule has 1 fully saturated rings. The van der Waals surface area contributed by atoms with Crippen molar-refractivity contribution in [3.63, 3.8) is 0 Å². The summed E-state index contributed by atoms with van der Waals surface area (Å²) in [5, 5.41) is 2.48. The number of carbonyl (C=O) groups excluding carboxylic acids is 4. The summed E-state index contributed by atoms with van der Waals surface area (Å²) in [5.74, 6) is -1.95. The zero-order valence-electron chi connectivity index (χ0n) is 18.1. The average Bonchev–Trinajstić information content (AvgIpc) is 2.55. The van der Waals surface area contributed by atoms with Crippen molar-refractivity contribution in [3.8, 4) is 0 Å². The quantitative estimate of drug-likeness (QED) is 0.467. The highest BCUT2D eigenvalue weighted by molar-refractivity contribution is 5.69. The first-order chi connectivity index (χ1) is 13.8. The van der Waals surface area contributed by atoms with Crippen LogP contribution in [0.15, 0.2) is 0 Å². The molecule has 0 aromatic carbocycles. The van der Waals surface area contributed by atoms with Crippen molar-refractivity contribution in [1.29, 1.82) is 0 Å². The average molecular weight is 435 g/mol. The van der Waals surface area contributed by atoms with E-state index in [0.717, 1.165) is 6.92 Å². The van der Waals surface area contributed by atoms with Gasteiger partial charge in [0.2, 0.25) is 0 Å². The molecule has 30 heavy (non-hydrogen) atoms. The number of alkyl halides is 1. The molecule has 0 aromatic rings. The Morgan fingerprint density at radius 3 is 2.23 bits per heavy atom. The zero-order chi connectivity index (χ0) is 23.1. The summed E-state index contributed by atoms with van der Waals surface area (Å²) in [6.07, 6.45) is -5.82. The first-order valence-electron chi connectivity index (χ1n) is 9.51. The molecule has 172 valence electrons. The van der Waals surface area contributed by atoms with E-state index >= 15 is 0 Å². The number of hydrogen-bond donors (Lipinski definition) is 1. The Hall–Kier alpha value is -2.43. The molecule has 0 saturated carbocycles. The summed E-state index contributed by atoms with van der Waals surface area (Å²) in [4.78, 5) is 46.3. The Balaban J connectivity index is 3.06. The van der Waals surface area contributed by atoms with Crippen molar-refractivity contribution in [2.24, 2.45) is 0 Å². The summed E-state index contributed by atoms with van der Waals surface area (Å²) in [7, 11) is 0. The fourth-order valence-electron chi connectivity index (χ4n) is 2.88. The Morgan fingerprint density at radius 1 is 1.10 bits per heavy atom. The van der Waals surface area contributed by atoms with E-state index in [-0.39, 0.29) is 13.0 Å². The maximum absolute atomic E-state index is 14.5. The van der Waals surface area contributed by atoms with Crippen LogP contribution in [0.25, 0.3) is 0 Å². The molecule has 1 amide bonds. The van der Waals surface area contributed by atoms with Gasteiger partial charge in [0.25, 0.3) is 0 Å². The Morgan fingerprint density at radius 2 is 1.73 bits per heavy atom. The number of nitrogens with one attached hydrogen (secondary N) is 1. The number of alkyl carbamates (subject to hydrolysis) is 1. The smallest absolute Gasteiger partial charge is 0.408 e. The van der Waals surface area contributed by atoms with Crippen molar-refractivity contribution < 1.29 is 47.3 Å². The highest BCUT2D eigenvalue weighted by atomic mass is 19.1. The van der Waals surface area contributed by atoms with Crippen LogP contribution in [-0.4, -0.2) is 73.3 Å². The molecule has 5 atom stereocenters. The molecule has 1 saturated heterocycles. The maximum Gasteiger partial charge on any atom is 0.408 e. The van der Waals surface area contributed by atoms with Crippen LogP contribution in [0.1, 0.15) is 48.0 Å². The van der Waals surface area contributed by atoms with E-state index in [1.165, 1.54) is 13.8 Å². The third kappa shape index (κ3) is 9.38. The number of ether oxygens (including phenoxy) is 5. The SMILES string of the molecule is CC(=O)OC[C@H](CC1OC[C@@H](F)C(OC(C)=O)[C@H]1NC(=O)OC(C)(C)C)OC(C)=O. The van der Waals surface area contributed by atoms with Gasteiger partial charge in [-0.2, -0.15) is 0 Å². The number of carbonyl (C=O) groups is 4. The molecule has 0 aromatic heterocycles. The molecule has 11 heteroatoms. The molecule has 0 spiro atoms. The lowest BCUT2D eigenvalue weighted by atomic mass is 9.93. The third-order valence-corrected chi connectivity index (χ3v) is 3.87. The van der Waals surface area contributed by atoms with Gasteiger partial charge < -0.3 is 29.0 Å². The number of hydrogen-bond acceptors (Lipinski definition) is 9. The second-order valence-corrected chi connectivity index (χ2v) is 7.90. The van der Waals surface area contributed by atoms with Gasteiger partial charge in [-0.05, 0) is 20.8 Å². The normalized spacial score (nSPS) is 24.9. The van der Waals surface area contributed by atoms with E-state index in [4.69, 9.17) is 23.7 Å². The Labute approximate surface area is 174 Å². The van der Waals surface area contributed by atoms with Gasteiger partial charge in [0.15, 0.2) is 12.3 Å². The molecule has 1 N–H and O–H groups in total. The van der Waals surface area contributed by atoms with Crippen molar-refractivity contribution in [3.05, 3.63) is 0 Å². The van der Waals surface area contributed by atoms with Crippen LogP contribution >= 0.6 is 0 Å². The minimum atomic E-state index is -1.70. The molecule has 1 aliphatic rings. The fourth-order valence-corrected chi connectivity index (χ4v) is 2.88. The van der Waals surface area contributed by atoms with Gasteiger partial charge in [-0.3, -0.25) is 14.4 Å². The van der Waals surface area contributed by atoms with Crippen LogP contribution in [-0.2, 0) is 38.1 Å². The highest BCUT2D eigenvalue weighted by Crippen LogP contribution is 2.25. The summed E-state index contributed by atoms with van der Waals surface area (Å²) in [5.41, 5.74) is -0.823. The van der Waals surface area contributed by atoms with E-state index in [0.29, 0.717) is 0 Å². The molecule has 0 aliphatic carbocycles. The molecule has 1 heterocycles. The van der Waals surface area contributed by atoms with Gasteiger partial charge in [-0.1, -0.05) is 0 Å². The Kier molecular flexibility index (Phi) is 9.47. The second-order valence-electron chi connectivity index (χ2n) is 7.90. The van der Waals surface area contributed by atoms with Crippen LogP contribution in [0.3, 0.4) is 0 Å². The minimum absolute atomic E-state index is 0.0577. The van der Waals surface area contributed by atoms with Crippen molar-refractivity contribution >= 4 is 24.0 Å². The standard InChI is InChI=1S/C19H30FNO9/c1-10(22)26-8-13(28-11(2)23)7-15-16(21-18(25)30-19(4,5)6)17(29-12(3)24)14(20)9-27-15/h13-17H,7-9H2,1-6H3,(H,21,25)/t13-,14+,15?,16-,17?/m0/s1. The predicted octanol–water partition coefficient (Wildman–Crippen LogP) is 1.43. The van der Waals surface area contributed by atoms with E-state index < -0.39 is 66.7 Å².